The number of sulfonamides is 1. The van der Waals surface area contributed by atoms with Crippen LogP contribution in [-0.4, -0.2) is 44.5 Å². The van der Waals surface area contributed by atoms with Crippen molar-refractivity contribution in [2.75, 3.05) is 24.5 Å². The maximum absolute atomic E-state index is 12.8. The van der Waals surface area contributed by atoms with Crippen molar-refractivity contribution >= 4 is 21.6 Å². The van der Waals surface area contributed by atoms with E-state index < -0.39 is 10.0 Å². The van der Waals surface area contributed by atoms with Gasteiger partial charge in [0.15, 0.2) is 0 Å². The molecule has 1 amide bonds. The third-order valence-corrected chi connectivity index (χ3v) is 6.00. The number of morpholine rings is 1. The first-order chi connectivity index (χ1) is 12.7. The largest absolute Gasteiger partial charge is 0.377 e. The summed E-state index contributed by atoms with van der Waals surface area (Å²) in [6, 6.07) is 13.1. The zero-order valence-corrected chi connectivity index (χ0v) is 16.5. The monoisotopic (exact) mass is 388 g/mol. The van der Waals surface area contributed by atoms with Gasteiger partial charge in [-0.3, -0.25) is 9.52 Å². The number of nitrogens with zero attached hydrogens (tertiary/aromatic N) is 1. The molecule has 1 heterocycles. The van der Waals surface area contributed by atoms with E-state index >= 15 is 0 Å². The van der Waals surface area contributed by atoms with E-state index in [4.69, 9.17) is 4.74 Å². The Bertz CT molecular complexity index is 919. The maximum Gasteiger partial charge on any atom is 0.261 e. The average Bonchev–Trinajstić information content (AvgIpc) is 2.61. The van der Waals surface area contributed by atoms with Crippen LogP contribution in [0.2, 0.25) is 0 Å². The van der Waals surface area contributed by atoms with Crippen LogP contribution in [0.1, 0.15) is 29.8 Å². The Labute approximate surface area is 160 Å². The van der Waals surface area contributed by atoms with Crippen molar-refractivity contribution < 1.29 is 17.9 Å². The Hall–Kier alpha value is -2.38. The van der Waals surface area contributed by atoms with Crippen molar-refractivity contribution in [1.29, 1.82) is 0 Å². The zero-order valence-electron chi connectivity index (χ0n) is 15.7. The first-order valence-electron chi connectivity index (χ1n) is 8.78. The predicted octanol–water partition coefficient (Wildman–Crippen LogP) is 3.05. The second-order valence-electron chi connectivity index (χ2n) is 7.32. The molecule has 6 nitrogen and oxygen atoms in total. The molecule has 1 aliphatic heterocycles. The minimum atomic E-state index is -3.66. The molecule has 0 unspecified atom stereocenters. The van der Waals surface area contributed by atoms with Crippen LogP contribution in [0.4, 0.5) is 5.69 Å². The predicted molar refractivity (Wildman–Crippen MR) is 104 cm³/mol. The normalized spacial score (nSPS) is 16.8. The molecule has 3 rings (SSSR count). The molecule has 2 aromatic carbocycles. The molecule has 0 aromatic heterocycles. The molecule has 0 radical (unpaired) electrons. The molecule has 2 aromatic rings. The zero-order chi connectivity index (χ0) is 19.7. The number of ether oxygens (including phenoxy) is 1. The number of anilines is 1. The molecule has 1 aliphatic rings. The van der Waals surface area contributed by atoms with Crippen LogP contribution in [0.3, 0.4) is 0 Å². The third kappa shape index (κ3) is 4.31. The van der Waals surface area contributed by atoms with Gasteiger partial charge < -0.3 is 9.64 Å². The van der Waals surface area contributed by atoms with Gasteiger partial charge in [-0.05, 0) is 57.2 Å². The van der Waals surface area contributed by atoms with Crippen molar-refractivity contribution in [1.82, 2.24) is 4.90 Å². The topological polar surface area (TPSA) is 75.7 Å². The Kier molecular flexibility index (Phi) is 5.26. The number of hydrogen-bond donors (Lipinski definition) is 1. The number of benzene rings is 2. The van der Waals surface area contributed by atoms with Crippen LogP contribution >= 0.6 is 0 Å². The van der Waals surface area contributed by atoms with E-state index in [1.807, 2.05) is 20.8 Å². The molecule has 1 N–H and O–H groups in total. The van der Waals surface area contributed by atoms with Gasteiger partial charge in [0.25, 0.3) is 15.9 Å². The van der Waals surface area contributed by atoms with Gasteiger partial charge in [-0.25, -0.2) is 8.42 Å². The molecule has 144 valence electrons. The second kappa shape index (κ2) is 7.32. The van der Waals surface area contributed by atoms with Crippen LogP contribution in [0.15, 0.2) is 53.4 Å². The Balaban J connectivity index is 1.75. The van der Waals surface area contributed by atoms with Gasteiger partial charge in [0.2, 0.25) is 0 Å². The van der Waals surface area contributed by atoms with E-state index in [9.17, 15) is 13.2 Å². The van der Waals surface area contributed by atoms with E-state index in [0.29, 0.717) is 31.0 Å². The van der Waals surface area contributed by atoms with Crippen LogP contribution in [0.5, 0.6) is 0 Å². The van der Waals surface area contributed by atoms with E-state index in [0.717, 1.165) is 5.56 Å². The summed E-state index contributed by atoms with van der Waals surface area (Å²) in [5.74, 6) is -0.0868. The first kappa shape index (κ1) is 19.4. The van der Waals surface area contributed by atoms with E-state index in [1.54, 1.807) is 53.4 Å². The fourth-order valence-corrected chi connectivity index (χ4v) is 4.06. The van der Waals surface area contributed by atoms with E-state index in [2.05, 4.69) is 4.72 Å². The van der Waals surface area contributed by atoms with Crippen molar-refractivity contribution in [2.45, 2.75) is 31.2 Å². The lowest BCUT2D eigenvalue weighted by atomic mass is 10.0. The molecule has 7 heteroatoms. The fraction of sp³-hybridized carbons (Fsp3) is 0.350. The highest BCUT2D eigenvalue weighted by Gasteiger charge is 2.34. The summed E-state index contributed by atoms with van der Waals surface area (Å²) in [5.41, 5.74) is 1.54. The minimum absolute atomic E-state index is 0.0868. The van der Waals surface area contributed by atoms with Gasteiger partial charge in [-0.1, -0.05) is 17.7 Å². The molecule has 0 atom stereocenters. The Morgan fingerprint density at radius 2 is 1.70 bits per heavy atom. The van der Waals surface area contributed by atoms with Crippen LogP contribution < -0.4 is 4.72 Å². The standard InChI is InChI=1S/C20H24N2O4S/c1-15-4-10-18(11-5-15)27(24,25)21-17-8-6-16(7-9-17)19(23)22-12-13-26-14-20(22,2)3/h4-11,21H,12-14H2,1-3H3. The lowest BCUT2D eigenvalue weighted by molar-refractivity contribution is -0.0370. The third-order valence-electron chi connectivity index (χ3n) is 4.61. The van der Waals surface area contributed by atoms with Crippen LogP contribution in [0, 0.1) is 6.92 Å². The minimum Gasteiger partial charge on any atom is -0.377 e. The molecular weight excluding hydrogens is 364 g/mol. The highest BCUT2D eigenvalue weighted by atomic mass is 32.2. The molecule has 27 heavy (non-hydrogen) atoms. The van der Waals surface area contributed by atoms with Gasteiger partial charge in [-0.2, -0.15) is 0 Å². The highest BCUT2D eigenvalue weighted by molar-refractivity contribution is 7.92. The first-order valence-corrected chi connectivity index (χ1v) is 10.3. The lowest BCUT2D eigenvalue weighted by Gasteiger charge is -2.42. The number of rotatable bonds is 4. The van der Waals surface area contributed by atoms with Crippen molar-refractivity contribution in [2.24, 2.45) is 0 Å². The summed E-state index contributed by atoms with van der Waals surface area (Å²) >= 11 is 0. The molecule has 1 fully saturated rings. The summed E-state index contributed by atoms with van der Waals surface area (Å²) in [5, 5.41) is 0. The quantitative estimate of drug-likeness (QED) is 0.873. The maximum atomic E-state index is 12.8. The molecule has 1 saturated heterocycles. The number of carbonyl (C=O) groups is 1. The molecule has 0 saturated carbocycles. The number of aryl methyl sites for hydroxylation is 1. The number of carbonyl (C=O) groups excluding carboxylic acids is 1. The number of hydrogen-bond acceptors (Lipinski definition) is 4. The Morgan fingerprint density at radius 3 is 2.30 bits per heavy atom. The van der Waals surface area contributed by atoms with Crippen molar-refractivity contribution in [3.8, 4) is 0 Å². The number of nitrogens with one attached hydrogen (secondary N) is 1. The van der Waals surface area contributed by atoms with E-state index in [1.165, 1.54) is 0 Å². The van der Waals surface area contributed by atoms with Gasteiger partial charge >= 0.3 is 0 Å². The summed E-state index contributed by atoms with van der Waals surface area (Å²) in [4.78, 5) is 14.8. The summed E-state index contributed by atoms with van der Waals surface area (Å²) in [7, 11) is -3.66. The van der Waals surface area contributed by atoms with E-state index in [-0.39, 0.29) is 16.3 Å². The van der Waals surface area contributed by atoms with Crippen molar-refractivity contribution in [3.05, 3.63) is 59.7 Å². The number of amides is 1. The molecule has 0 aliphatic carbocycles. The van der Waals surface area contributed by atoms with Gasteiger partial charge in [0.05, 0.1) is 23.6 Å². The summed E-state index contributed by atoms with van der Waals surface area (Å²) in [6.45, 7) is 7.38. The average molecular weight is 388 g/mol. The molecule has 0 bridgehead atoms. The van der Waals surface area contributed by atoms with Gasteiger partial charge in [0, 0.05) is 17.8 Å². The fourth-order valence-electron chi connectivity index (χ4n) is 3.00. The van der Waals surface area contributed by atoms with Crippen molar-refractivity contribution in [3.63, 3.8) is 0 Å². The molecule has 0 spiro atoms. The molecular formula is C20H24N2O4S. The lowest BCUT2D eigenvalue weighted by Crippen LogP contribution is -2.55. The van der Waals surface area contributed by atoms with Crippen LogP contribution in [0.25, 0.3) is 0 Å². The highest BCUT2D eigenvalue weighted by Crippen LogP contribution is 2.23. The smallest absolute Gasteiger partial charge is 0.261 e. The second-order valence-corrected chi connectivity index (χ2v) is 9.00. The summed E-state index contributed by atoms with van der Waals surface area (Å²) in [6.07, 6.45) is 0. The Morgan fingerprint density at radius 1 is 1.07 bits per heavy atom. The van der Waals surface area contributed by atoms with Gasteiger partial charge in [-0.15, -0.1) is 0 Å². The van der Waals surface area contributed by atoms with Crippen LogP contribution in [-0.2, 0) is 14.8 Å². The summed E-state index contributed by atoms with van der Waals surface area (Å²) < 4.78 is 32.9. The SMILES string of the molecule is Cc1ccc(S(=O)(=O)Nc2ccc(C(=O)N3CCOCC3(C)C)cc2)cc1. The van der Waals surface area contributed by atoms with Gasteiger partial charge in [0.1, 0.15) is 0 Å².